The van der Waals surface area contributed by atoms with E-state index in [9.17, 15) is 0 Å². The molecule has 0 amide bonds. The molecule has 4 heteroatoms. The summed E-state index contributed by atoms with van der Waals surface area (Å²) in [6, 6.07) is 8.05. The Morgan fingerprint density at radius 1 is 0.944 bits per heavy atom. The molecule has 0 saturated heterocycles. The van der Waals surface area contributed by atoms with E-state index in [1.807, 2.05) is 24.3 Å². The molecule has 1 aromatic rings. The lowest BCUT2D eigenvalue weighted by Crippen LogP contribution is -2.86. The van der Waals surface area contributed by atoms with Gasteiger partial charge in [0.1, 0.15) is 12.4 Å². The SMILES string of the molecule is COCC[NH2+]CCOCCOc1ccc(C)cc1. The molecule has 0 saturated carbocycles. The van der Waals surface area contributed by atoms with Crippen molar-refractivity contribution in [1.82, 2.24) is 0 Å². The molecular weight excluding hydrogens is 230 g/mol. The fourth-order valence-electron chi connectivity index (χ4n) is 1.47. The van der Waals surface area contributed by atoms with Gasteiger partial charge in [-0.05, 0) is 19.1 Å². The van der Waals surface area contributed by atoms with Gasteiger partial charge in [-0.15, -0.1) is 0 Å². The number of benzene rings is 1. The third kappa shape index (κ3) is 7.27. The Balaban J connectivity index is 1.91. The standard InChI is InChI=1S/C14H23NO3/c1-13-3-5-14(6-4-13)18-12-11-17-10-8-15-7-9-16-2/h3-6,15H,7-12H2,1-2H3/p+1. The average Bonchev–Trinajstić information content (AvgIpc) is 2.39. The van der Waals surface area contributed by atoms with Crippen molar-refractivity contribution in [1.29, 1.82) is 0 Å². The van der Waals surface area contributed by atoms with Gasteiger partial charge in [-0.25, -0.2) is 0 Å². The summed E-state index contributed by atoms with van der Waals surface area (Å²) >= 11 is 0. The van der Waals surface area contributed by atoms with E-state index in [4.69, 9.17) is 14.2 Å². The number of hydrogen-bond donors (Lipinski definition) is 1. The molecule has 0 aliphatic carbocycles. The molecule has 0 heterocycles. The monoisotopic (exact) mass is 254 g/mol. The Hall–Kier alpha value is -1.10. The first-order valence-corrected chi connectivity index (χ1v) is 6.40. The molecule has 18 heavy (non-hydrogen) atoms. The van der Waals surface area contributed by atoms with Gasteiger partial charge >= 0.3 is 0 Å². The maximum atomic E-state index is 5.55. The second kappa shape index (κ2) is 9.88. The van der Waals surface area contributed by atoms with E-state index in [1.54, 1.807) is 7.11 Å². The lowest BCUT2D eigenvalue weighted by atomic mass is 10.2. The van der Waals surface area contributed by atoms with Crippen LogP contribution in [0.3, 0.4) is 0 Å². The van der Waals surface area contributed by atoms with Gasteiger partial charge in [-0.3, -0.25) is 0 Å². The Morgan fingerprint density at radius 3 is 2.39 bits per heavy atom. The van der Waals surface area contributed by atoms with Crippen LogP contribution in [0.2, 0.25) is 0 Å². The number of nitrogens with two attached hydrogens (primary N) is 1. The zero-order valence-corrected chi connectivity index (χ0v) is 11.4. The molecule has 0 aromatic heterocycles. The van der Waals surface area contributed by atoms with Gasteiger partial charge in [0.15, 0.2) is 0 Å². The van der Waals surface area contributed by atoms with E-state index >= 15 is 0 Å². The molecule has 4 nitrogen and oxygen atoms in total. The molecule has 0 bridgehead atoms. The van der Waals surface area contributed by atoms with Crippen molar-refractivity contribution in [3.63, 3.8) is 0 Å². The Morgan fingerprint density at radius 2 is 1.67 bits per heavy atom. The summed E-state index contributed by atoms with van der Waals surface area (Å²) < 4.78 is 16.0. The topological polar surface area (TPSA) is 44.3 Å². The van der Waals surface area contributed by atoms with Crippen molar-refractivity contribution in [3.05, 3.63) is 29.8 Å². The predicted molar refractivity (Wildman–Crippen MR) is 71.0 cm³/mol. The summed E-state index contributed by atoms with van der Waals surface area (Å²) in [6.45, 7) is 6.78. The number of rotatable bonds is 10. The first kappa shape index (κ1) is 15.0. The zero-order valence-electron chi connectivity index (χ0n) is 11.4. The molecule has 2 N–H and O–H groups in total. The van der Waals surface area contributed by atoms with E-state index in [0.29, 0.717) is 13.2 Å². The van der Waals surface area contributed by atoms with Crippen LogP contribution in [0, 0.1) is 6.92 Å². The lowest BCUT2D eigenvalue weighted by molar-refractivity contribution is -0.657. The highest BCUT2D eigenvalue weighted by Crippen LogP contribution is 2.10. The van der Waals surface area contributed by atoms with Crippen LogP contribution in [0.15, 0.2) is 24.3 Å². The molecule has 1 aromatic carbocycles. The number of quaternary nitrogens is 1. The fourth-order valence-corrected chi connectivity index (χ4v) is 1.47. The van der Waals surface area contributed by atoms with Gasteiger partial charge in [-0.1, -0.05) is 17.7 Å². The molecule has 0 atom stereocenters. The van der Waals surface area contributed by atoms with Crippen LogP contribution in [0.4, 0.5) is 0 Å². The van der Waals surface area contributed by atoms with E-state index in [2.05, 4.69) is 12.2 Å². The molecule has 0 unspecified atom stereocenters. The van der Waals surface area contributed by atoms with Crippen LogP contribution in [0.5, 0.6) is 5.75 Å². The lowest BCUT2D eigenvalue weighted by Gasteiger charge is -2.07. The van der Waals surface area contributed by atoms with Crippen molar-refractivity contribution < 1.29 is 19.5 Å². The summed E-state index contributed by atoms with van der Waals surface area (Å²) in [4.78, 5) is 0. The van der Waals surface area contributed by atoms with Crippen molar-refractivity contribution in [2.45, 2.75) is 6.92 Å². The summed E-state index contributed by atoms with van der Waals surface area (Å²) in [5.41, 5.74) is 1.24. The van der Waals surface area contributed by atoms with Gasteiger partial charge < -0.3 is 19.5 Å². The second-order valence-electron chi connectivity index (χ2n) is 4.13. The first-order valence-electron chi connectivity index (χ1n) is 6.40. The van der Waals surface area contributed by atoms with Crippen molar-refractivity contribution >= 4 is 0 Å². The minimum Gasteiger partial charge on any atom is -0.491 e. The minimum absolute atomic E-state index is 0.598. The van der Waals surface area contributed by atoms with E-state index in [0.717, 1.165) is 32.1 Å². The fraction of sp³-hybridized carbons (Fsp3) is 0.571. The molecule has 0 fully saturated rings. The number of methoxy groups -OCH3 is 1. The van der Waals surface area contributed by atoms with Crippen LogP contribution in [-0.4, -0.2) is 46.6 Å². The van der Waals surface area contributed by atoms with Gasteiger partial charge in [0.05, 0.1) is 32.9 Å². The summed E-state index contributed by atoms with van der Waals surface area (Å²) in [6.07, 6.45) is 0. The second-order valence-corrected chi connectivity index (χ2v) is 4.13. The molecule has 0 aliphatic heterocycles. The maximum Gasteiger partial charge on any atom is 0.119 e. The molecule has 102 valence electrons. The van der Waals surface area contributed by atoms with Crippen molar-refractivity contribution in [3.8, 4) is 5.75 Å². The van der Waals surface area contributed by atoms with Crippen molar-refractivity contribution in [2.24, 2.45) is 0 Å². The molecule has 0 aliphatic rings. The summed E-state index contributed by atoms with van der Waals surface area (Å²) in [5.74, 6) is 0.899. The van der Waals surface area contributed by atoms with Gasteiger partial charge in [0.2, 0.25) is 0 Å². The quantitative estimate of drug-likeness (QED) is 0.622. The predicted octanol–water partition coefficient (Wildman–Crippen LogP) is 0.600. The molecule has 0 radical (unpaired) electrons. The van der Waals surface area contributed by atoms with Crippen LogP contribution in [-0.2, 0) is 9.47 Å². The number of ether oxygens (including phenoxy) is 3. The summed E-state index contributed by atoms with van der Waals surface area (Å²) in [5, 5.41) is 2.18. The first-order chi connectivity index (χ1) is 8.83. The Kier molecular flexibility index (Phi) is 8.21. The Labute approximate surface area is 109 Å². The highest BCUT2D eigenvalue weighted by molar-refractivity contribution is 5.26. The smallest absolute Gasteiger partial charge is 0.119 e. The number of hydrogen-bond acceptors (Lipinski definition) is 3. The largest absolute Gasteiger partial charge is 0.491 e. The van der Waals surface area contributed by atoms with Gasteiger partial charge in [-0.2, -0.15) is 0 Å². The van der Waals surface area contributed by atoms with E-state index in [1.165, 1.54) is 5.56 Å². The highest BCUT2D eigenvalue weighted by Gasteiger charge is 1.94. The van der Waals surface area contributed by atoms with Gasteiger partial charge in [0.25, 0.3) is 0 Å². The number of aryl methyl sites for hydroxylation is 1. The summed E-state index contributed by atoms with van der Waals surface area (Å²) in [7, 11) is 1.72. The Bertz CT molecular complexity index is 300. The van der Waals surface area contributed by atoms with Crippen LogP contribution < -0.4 is 10.1 Å². The highest BCUT2D eigenvalue weighted by atomic mass is 16.5. The van der Waals surface area contributed by atoms with Crippen LogP contribution >= 0.6 is 0 Å². The third-order valence-electron chi connectivity index (χ3n) is 2.51. The molecule has 0 spiro atoms. The van der Waals surface area contributed by atoms with Crippen molar-refractivity contribution in [2.75, 3.05) is 46.6 Å². The van der Waals surface area contributed by atoms with Crippen LogP contribution in [0.1, 0.15) is 5.56 Å². The average molecular weight is 254 g/mol. The van der Waals surface area contributed by atoms with E-state index < -0.39 is 0 Å². The third-order valence-corrected chi connectivity index (χ3v) is 2.51. The van der Waals surface area contributed by atoms with E-state index in [-0.39, 0.29) is 0 Å². The zero-order chi connectivity index (χ0) is 13.1. The minimum atomic E-state index is 0.598. The normalized spacial score (nSPS) is 10.6. The maximum absolute atomic E-state index is 5.55. The molecule has 1 rings (SSSR count). The van der Waals surface area contributed by atoms with Gasteiger partial charge in [0, 0.05) is 7.11 Å². The van der Waals surface area contributed by atoms with Crippen LogP contribution in [0.25, 0.3) is 0 Å². The molecular formula is C14H24NO3+.